The lowest BCUT2D eigenvalue weighted by molar-refractivity contribution is -0.121. The zero-order chi connectivity index (χ0) is 23.2. The van der Waals surface area contributed by atoms with Crippen molar-refractivity contribution < 1.29 is 9.53 Å². The number of anilines is 1. The Hall–Kier alpha value is -2.81. The van der Waals surface area contributed by atoms with Crippen LogP contribution < -0.4 is 15.0 Å². The lowest BCUT2D eigenvalue weighted by Crippen LogP contribution is -2.27. The van der Waals surface area contributed by atoms with Gasteiger partial charge in [-0.15, -0.1) is 0 Å². The molecule has 1 saturated heterocycles. The number of hydrogen-bond acceptors (Lipinski definition) is 7. The monoisotopic (exact) mass is 468 g/mol. The van der Waals surface area contributed by atoms with E-state index in [9.17, 15) is 4.79 Å². The SMILES string of the molecule is COc1ccc(CCC(=O)NCCn2ncc3c(N4CCCC4)nc(SC(C)C)nc32)cc1. The number of thioether (sulfide) groups is 1. The molecule has 176 valence electrons. The second-order valence-electron chi connectivity index (χ2n) is 8.49. The first-order valence-electron chi connectivity index (χ1n) is 11.6. The summed E-state index contributed by atoms with van der Waals surface area (Å²) in [6.07, 6.45) is 5.38. The van der Waals surface area contributed by atoms with Crippen molar-refractivity contribution in [1.82, 2.24) is 25.1 Å². The molecule has 0 saturated carbocycles. The summed E-state index contributed by atoms with van der Waals surface area (Å²) < 4.78 is 7.06. The first-order valence-corrected chi connectivity index (χ1v) is 12.5. The van der Waals surface area contributed by atoms with Crippen LogP contribution in [0.2, 0.25) is 0 Å². The summed E-state index contributed by atoms with van der Waals surface area (Å²) in [7, 11) is 1.65. The van der Waals surface area contributed by atoms with Gasteiger partial charge in [-0.05, 0) is 37.0 Å². The standard InChI is InChI=1S/C24H32N6O2S/c1-17(2)33-24-27-22(29-13-4-5-14-29)20-16-26-30(23(20)28-24)15-12-25-21(31)11-8-18-6-9-19(32-3)10-7-18/h6-7,9-10,16-17H,4-5,8,11-15H2,1-3H3,(H,25,31). The van der Waals surface area contributed by atoms with Crippen molar-refractivity contribution in [2.45, 2.75) is 56.5 Å². The number of rotatable bonds is 10. The molecule has 1 aromatic carbocycles. The average molecular weight is 469 g/mol. The van der Waals surface area contributed by atoms with E-state index in [0.29, 0.717) is 31.2 Å². The van der Waals surface area contributed by atoms with Crippen molar-refractivity contribution in [3.63, 3.8) is 0 Å². The molecule has 0 atom stereocenters. The Morgan fingerprint density at radius 2 is 1.94 bits per heavy atom. The van der Waals surface area contributed by atoms with Gasteiger partial charge in [0.05, 0.1) is 25.2 Å². The first kappa shape index (κ1) is 23.4. The second kappa shape index (κ2) is 10.9. The Morgan fingerprint density at radius 3 is 2.64 bits per heavy atom. The molecule has 0 unspecified atom stereocenters. The number of carbonyl (C=O) groups is 1. The maximum Gasteiger partial charge on any atom is 0.220 e. The van der Waals surface area contributed by atoms with Gasteiger partial charge in [-0.2, -0.15) is 5.10 Å². The van der Waals surface area contributed by atoms with E-state index in [4.69, 9.17) is 14.7 Å². The van der Waals surface area contributed by atoms with Crippen LogP contribution in [0.15, 0.2) is 35.6 Å². The van der Waals surface area contributed by atoms with Crippen LogP contribution >= 0.6 is 11.8 Å². The van der Waals surface area contributed by atoms with Crippen LogP contribution in [0.25, 0.3) is 11.0 Å². The summed E-state index contributed by atoms with van der Waals surface area (Å²) in [5.41, 5.74) is 1.95. The molecule has 1 fully saturated rings. The molecule has 4 rings (SSSR count). The number of methoxy groups -OCH3 is 1. The molecule has 8 nitrogen and oxygen atoms in total. The topological polar surface area (TPSA) is 85.2 Å². The zero-order valence-electron chi connectivity index (χ0n) is 19.6. The van der Waals surface area contributed by atoms with E-state index in [2.05, 4.69) is 29.2 Å². The van der Waals surface area contributed by atoms with Crippen LogP contribution in [-0.4, -0.2) is 57.6 Å². The number of ether oxygens (including phenoxy) is 1. The molecular formula is C24H32N6O2S. The third kappa shape index (κ3) is 5.96. The quantitative estimate of drug-likeness (QED) is 0.359. The number of nitrogens with one attached hydrogen (secondary N) is 1. The minimum absolute atomic E-state index is 0.0331. The summed E-state index contributed by atoms with van der Waals surface area (Å²) in [6, 6.07) is 7.82. The molecule has 33 heavy (non-hydrogen) atoms. The Bertz CT molecular complexity index is 1080. The Kier molecular flexibility index (Phi) is 7.69. The van der Waals surface area contributed by atoms with Crippen molar-refractivity contribution >= 4 is 34.5 Å². The molecule has 0 radical (unpaired) electrons. The summed E-state index contributed by atoms with van der Waals surface area (Å²) in [4.78, 5) is 24.3. The van der Waals surface area contributed by atoms with Gasteiger partial charge in [0.1, 0.15) is 11.6 Å². The first-order chi connectivity index (χ1) is 16.0. The predicted molar refractivity (Wildman–Crippen MR) is 132 cm³/mol. The van der Waals surface area contributed by atoms with Crippen molar-refractivity contribution in [1.29, 1.82) is 0 Å². The number of amides is 1. The van der Waals surface area contributed by atoms with Crippen LogP contribution in [0.4, 0.5) is 5.82 Å². The Morgan fingerprint density at radius 1 is 1.18 bits per heavy atom. The van der Waals surface area contributed by atoms with E-state index in [1.54, 1.807) is 18.9 Å². The van der Waals surface area contributed by atoms with E-state index in [1.807, 2.05) is 35.1 Å². The minimum Gasteiger partial charge on any atom is -0.497 e. The van der Waals surface area contributed by atoms with Gasteiger partial charge in [0.2, 0.25) is 5.91 Å². The molecule has 1 aliphatic rings. The van der Waals surface area contributed by atoms with E-state index in [-0.39, 0.29) is 5.91 Å². The van der Waals surface area contributed by atoms with Gasteiger partial charge in [-0.25, -0.2) is 14.6 Å². The highest BCUT2D eigenvalue weighted by molar-refractivity contribution is 7.99. The Balaban J connectivity index is 1.38. The van der Waals surface area contributed by atoms with E-state index >= 15 is 0 Å². The van der Waals surface area contributed by atoms with Crippen LogP contribution in [0.1, 0.15) is 38.7 Å². The molecule has 3 heterocycles. The predicted octanol–water partition coefficient (Wildman–Crippen LogP) is 3.68. The summed E-state index contributed by atoms with van der Waals surface area (Å²) in [5.74, 6) is 1.84. The van der Waals surface area contributed by atoms with Crippen LogP contribution in [0.5, 0.6) is 5.75 Å². The third-order valence-corrected chi connectivity index (χ3v) is 6.51. The van der Waals surface area contributed by atoms with Gasteiger partial charge < -0.3 is 15.0 Å². The normalized spacial score (nSPS) is 13.8. The van der Waals surface area contributed by atoms with Crippen molar-refractivity contribution in [3.05, 3.63) is 36.0 Å². The number of fused-ring (bicyclic) bond motifs is 1. The molecular weight excluding hydrogens is 436 g/mol. The summed E-state index contributed by atoms with van der Waals surface area (Å²) >= 11 is 1.67. The third-order valence-electron chi connectivity index (χ3n) is 5.65. The van der Waals surface area contributed by atoms with Crippen LogP contribution in [0.3, 0.4) is 0 Å². The molecule has 1 N–H and O–H groups in total. The summed E-state index contributed by atoms with van der Waals surface area (Å²) in [6.45, 7) is 7.41. The van der Waals surface area contributed by atoms with Gasteiger partial charge in [0.15, 0.2) is 10.8 Å². The molecule has 2 aromatic heterocycles. The highest BCUT2D eigenvalue weighted by Gasteiger charge is 2.21. The lowest BCUT2D eigenvalue weighted by atomic mass is 10.1. The smallest absolute Gasteiger partial charge is 0.220 e. The fourth-order valence-electron chi connectivity index (χ4n) is 3.96. The molecule has 0 aliphatic carbocycles. The van der Waals surface area contributed by atoms with Gasteiger partial charge in [-0.3, -0.25) is 4.79 Å². The van der Waals surface area contributed by atoms with Crippen molar-refractivity contribution in [3.8, 4) is 5.75 Å². The minimum atomic E-state index is 0.0331. The number of nitrogens with zero attached hydrogens (tertiary/aromatic N) is 5. The summed E-state index contributed by atoms with van der Waals surface area (Å²) in [5, 5.41) is 9.74. The molecule has 9 heteroatoms. The van der Waals surface area contributed by atoms with E-state index in [0.717, 1.165) is 46.4 Å². The number of hydrogen-bond donors (Lipinski definition) is 1. The van der Waals surface area contributed by atoms with Gasteiger partial charge >= 0.3 is 0 Å². The van der Waals surface area contributed by atoms with Crippen molar-refractivity contribution in [2.24, 2.45) is 0 Å². The average Bonchev–Trinajstić information content (AvgIpc) is 3.48. The largest absolute Gasteiger partial charge is 0.497 e. The van der Waals surface area contributed by atoms with E-state index < -0.39 is 0 Å². The number of aryl methyl sites for hydroxylation is 1. The number of benzene rings is 1. The maximum absolute atomic E-state index is 12.3. The lowest BCUT2D eigenvalue weighted by Gasteiger charge is -2.18. The van der Waals surface area contributed by atoms with E-state index in [1.165, 1.54) is 12.8 Å². The van der Waals surface area contributed by atoms with Gasteiger partial charge in [0.25, 0.3) is 0 Å². The highest BCUT2D eigenvalue weighted by atomic mass is 32.2. The van der Waals surface area contributed by atoms with Gasteiger partial charge in [0, 0.05) is 31.3 Å². The zero-order valence-corrected chi connectivity index (χ0v) is 20.4. The molecule has 0 spiro atoms. The van der Waals surface area contributed by atoms with Crippen LogP contribution in [0, 0.1) is 0 Å². The molecule has 1 amide bonds. The fraction of sp³-hybridized carbons (Fsp3) is 0.500. The number of aromatic nitrogens is 4. The molecule has 0 bridgehead atoms. The number of carbonyl (C=O) groups excluding carboxylic acids is 1. The maximum atomic E-state index is 12.3. The second-order valence-corrected chi connectivity index (χ2v) is 10.0. The van der Waals surface area contributed by atoms with Gasteiger partial charge in [-0.1, -0.05) is 37.7 Å². The molecule has 1 aliphatic heterocycles. The van der Waals surface area contributed by atoms with Crippen molar-refractivity contribution in [2.75, 3.05) is 31.6 Å². The Labute approximate surface area is 199 Å². The van der Waals surface area contributed by atoms with Crippen LogP contribution in [-0.2, 0) is 17.8 Å². The highest BCUT2D eigenvalue weighted by Crippen LogP contribution is 2.30. The fourth-order valence-corrected chi connectivity index (χ4v) is 4.66. The molecule has 3 aromatic rings.